The Kier molecular flexibility index (Phi) is 4.34. The van der Waals surface area contributed by atoms with E-state index in [1.165, 1.54) is 0 Å². The van der Waals surface area contributed by atoms with Crippen molar-refractivity contribution in [1.82, 2.24) is 0 Å². The summed E-state index contributed by atoms with van der Waals surface area (Å²) >= 11 is 14.4. The minimum atomic E-state index is 0.430. The molecule has 0 rings (SSSR count). The standard InChI is InChI=1S/C7H7BrCl2/c1-4(5(2)9)7(8)6(3)10/h2-3H2,1H3/b7-4+. The van der Waals surface area contributed by atoms with Gasteiger partial charge >= 0.3 is 0 Å². The highest BCUT2D eigenvalue weighted by atomic mass is 79.9. The molecule has 0 heterocycles. The number of hydrogen-bond acceptors (Lipinski definition) is 0. The van der Waals surface area contributed by atoms with Crippen LogP contribution in [-0.2, 0) is 0 Å². The van der Waals surface area contributed by atoms with E-state index in [0.29, 0.717) is 14.5 Å². The fourth-order valence-electron chi connectivity index (χ4n) is 0.323. The first-order valence-corrected chi connectivity index (χ1v) is 4.07. The Morgan fingerprint density at radius 1 is 1.20 bits per heavy atom. The van der Waals surface area contributed by atoms with Crippen LogP contribution < -0.4 is 0 Å². The Morgan fingerprint density at radius 2 is 1.60 bits per heavy atom. The minimum Gasteiger partial charge on any atom is -0.0847 e. The van der Waals surface area contributed by atoms with Crippen LogP contribution in [0.4, 0.5) is 0 Å². The van der Waals surface area contributed by atoms with E-state index in [2.05, 4.69) is 29.1 Å². The van der Waals surface area contributed by atoms with Crippen molar-refractivity contribution in [3.8, 4) is 0 Å². The van der Waals surface area contributed by atoms with Crippen LogP contribution in [0.3, 0.4) is 0 Å². The third-order valence-corrected chi connectivity index (χ3v) is 2.75. The molecule has 0 saturated heterocycles. The molecule has 0 aromatic rings. The van der Waals surface area contributed by atoms with E-state index >= 15 is 0 Å². The van der Waals surface area contributed by atoms with E-state index in [1.54, 1.807) is 0 Å². The predicted molar refractivity (Wildman–Crippen MR) is 51.6 cm³/mol. The highest BCUT2D eigenvalue weighted by Crippen LogP contribution is 2.27. The van der Waals surface area contributed by atoms with Gasteiger partial charge in [-0.1, -0.05) is 36.4 Å². The van der Waals surface area contributed by atoms with E-state index in [9.17, 15) is 0 Å². The van der Waals surface area contributed by atoms with Crippen LogP contribution in [0, 0.1) is 0 Å². The molecule has 0 atom stereocenters. The SMILES string of the molecule is C=C(Cl)/C(C)=C(/Br)C(=C)Cl. The number of rotatable bonds is 2. The molecule has 3 heteroatoms. The summed E-state index contributed by atoms with van der Waals surface area (Å²) in [5.74, 6) is 0. The molecule has 0 aromatic heterocycles. The molecule has 0 saturated carbocycles. The lowest BCUT2D eigenvalue weighted by atomic mass is 10.3. The van der Waals surface area contributed by atoms with Crippen LogP contribution in [0.2, 0.25) is 0 Å². The lowest BCUT2D eigenvalue weighted by Gasteiger charge is -2.00. The van der Waals surface area contributed by atoms with Crippen LogP contribution in [0.1, 0.15) is 6.92 Å². The van der Waals surface area contributed by atoms with Gasteiger partial charge in [-0.2, -0.15) is 0 Å². The zero-order chi connectivity index (χ0) is 8.31. The maximum absolute atomic E-state index is 5.59. The van der Waals surface area contributed by atoms with Gasteiger partial charge in [0.2, 0.25) is 0 Å². The van der Waals surface area contributed by atoms with Gasteiger partial charge in [-0.3, -0.25) is 0 Å². The zero-order valence-electron chi connectivity index (χ0n) is 5.55. The Balaban J connectivity index is 4.67. The van der Waals surface area contributed by atoms with Gasteiger partial charge in [0.05, 0.1) is 0 Å². The van der Waals surface area contributed by atoms with E-state index < -0.39 is 0 Å². The topological polar surface area (TPSA) is 0 Å². The van der Waals surface area contributed by atoms with Crippen molar-refractivity contribution in [1.29, 1.82) is 0 Å². The van der Waals surface area contributed by atoms with Gasteiger partial charge in [0.1, 0.15) is 0 Å². The van der Waals surface area contributed by atoms with Gasteiger partial charge in [-0.25, -0.2) is 0 Å². The minimum absolute atomic E-state index is 0.430. The summed E-state index contributed by atoms with van der Waals surface area (Å²) in [6.45, 7) is 8.87. The maximum atomic E-state index is 5.59. The molecular formula is C7H7BrCl2. The molecular weight excluding hydrogens is 235 g/mol. The quantitative estimate of drug-likeness (QED) is 0.637. The summed E-state index contributed by atoms with van der Waals surface area (Å²) in [5, 5.41) is 0.896. The van der Waals surface area contributed by atoms with Gasteiger partial charge in [0, 0.05) is 14.5 Å². The second kappa shape index (κ2) is 4.22. The van der Waals surface area contributed by atoms with Crippen molar-refractivity contribution in [3.63, 3.8) is 0 Å². The molecule has 0 fully saturated rings. The summed E-state index contributed by atoms with van der Waals surface area (Å²) < 4.78 is 0.703. The molecule has 0 spiro atoms. The van der Waals surface area contributed by atoms with Crippen LogP contribution in [0.15, 0.2) is 33.3 Å². The molecule has 0 nitrogen and oxygen atoms in total. The summed E-state index contributed by atoms with van der Waals surface area (Å²) in [5.41, 5.74) is 0.807. The van der Waals surface area contributed by atoms with Crippen molar-refractivity contribution in [2.45, 2.75) is 6.92 Å². The highest BCUT2D eigenvalue weighted by molar-refractivity contribution is 9.12. The Hall–Kier alpha value is 0.280. The molecule has 0 aliphatic heterocycles. The van der Waals surface area contributed by atoms with E-state index in [0.717, 1.165) is 5.57 Å². The molecule has 0 radical (unpaired) electrons. The van der Waals surface area contributed by atoms with E-state index in [1.807, 2.05) is 6.92 Å². The molecule has 0 bridgehead atoms. The summed E-state index contributed by atoms with van der Waals surface area (Å²) in [7, 11) is 0. The monoisotopic (exact) mass is 240 g/mol. The smallest absolute Gasteiger partial charge is 0.0479 e. The van der Waals surface area contributed by atoms with Crippen LogP contribution in [0.5, 0.6) is 0 Å². The third-order valence-electron chi connectivity index (χ3n) is 0.974. The Labute approximate surface area is 79.3 Å². The van der Waals surface area contributed by atoms with Gasteiger partial charge in [0.25, 0.3) is 0 Å². The van der Waals surface area contributed by atoms with Gasteiger partial charge in [-0.05, 0) is 28.4 Å². The molecule has 56 valence electrons. The molecule has 10 heavy (non-hydrogen) atoms. The van der Waals surface area contributed by atoms with Crippen molar-refractivity contribution < 1.29 is 0 Å². The lowest BCUT2D eigenvalue weighted by molar-refractivity contribution is 1.49. The molecule has 0 aliphatic rings. The zero-order valence-corrected chi connectivity index (χ0v) is 8.65. The first-order valence-electron chi connectivity index (χ1n) is 2.52. The summed E-state index contributed by atoms with van der Waals surface area (Å²) in [6.07, 6.45) is 0. The van der Waals surface area contributed by atoms with Gasteiger partial charge in [-0.15, -0.1) is 0 Å². The molecule has 0 N–H and O–H groups in total. The van der Waals surface area contributed by atoms with Crippen LogP contribution in [0.25, 0.3) is 0 Å². The average Bonchev–Trinajstić information content (AvgIpc) is 1.84. The number of hydrogen-bond donors (Lipinski definition) is 0. The van der Waals surface area contributed by atoms with E-state index in [4.69, 9.17) is 23.2 Å². The van der Waals surface area contributed by atoms with Gasteiger partial charge in [0.15, 0.2) is 0 Å². The molecule has 0 amide bonds. The first-order chi connectivity index (χ1) is 4.46. The normalized spacial score (nSPS) is 12.4. The van der Waals surface area contributed by atoms with Crippen LogP contribution >= 0.6 is 39.1 Å². The summed E-state index contributed by atoms with van der Waals surface area (Å²) in [6, 6.07) is 0. The number of allylic oxidation sites excluding steroid dienone is 4. The molecule has 0 aliphatic carbocycles. The fraction of sp³-hybridized carbons (Fsp3) is 0.143. The fourth-order valence-corrected chi connectivity index (χ4v) is 0.912. The van der Waals surface area contributed by atoms with Crippen molar-refractivity contribution in [2.75, 3.05) is 0 Å². The lowest BCUT2D eigenvalue weighted by Crippen LogP contribution is -1.78. The largest absolute Gasteiger partial charge is 0.0847 e. The van der Waals surface area contributed by atoms with E-state index in [-0.39, 0.29) is 0 Å². The first kappa shape index (κ1) is 10.3. The van der Waals surface area contributed by atoms with Crippen LogP contribution in [-0.4, -0.2) is 0 Å². The maximum Gasteiger partial charge on any atom is 0.0479 e. The second-order valence-electron chi connectivity index (χ2n) is 1.75. The van der Waals surface area contributed by atoms with Gasteiger partial charge < -0.3 is 0 Å². The summed E-state index contributed by atoms with van der Waals surface area (Å²) in [4.78, 5) is 0. The third kappa shape index (κ3) is 2.91. The highest BCUT2D eigenvalue weighted by Gasteiger charge is 2.01. The second-order valence-corrected chi connectivity index (χ2v) is 3.45. The average molecular weight is 242 g/mol. The predicted octanol–water partition coefficient (Wildman–Crippen LogP) is 4.16. The van der Waals surface area contributed by atoms with Crippen molar-refractivity contribution in [3.05, 3.63) is 33.3 Å². The molecule has 0 unspecified atom stereocenters. The Bertz CT molecular complexity index is 182. The van der Waals surface area contributed by atoms with Crippen molar-refractivity contribution >= 4 is 39.1 Å². The Morgan fingerprint density at radius 3 is 1.70 bits per heavy atom. The molecule has 0 aromatic carbocycles. The van der Waals surface area contributed by atoms with Crippen molar-refractivity contribution in [2.24, 2.45) is 0 Å². The number of halogens is 3.